The number of aldehydes is 1. The van der Waals surface area contributed by atoms with Gasteiger partial charge in [-0.05, 0) is 56.6 Å². The van der Waals surface area contributed by atoms with Gasteiger partial charge in [0.05, 0.1) is 0 Å². The van der Waals surface area contributed by atoms with E-state index in [4.69, 9.17) is 0 Å². The van der Waals surface area contributed by atoms with Crippen molar-refractivity contribution in [1.29, 1.82) is 0 Å². The molecule has 0 unspecified atom stereocenters. The molecule has 0 N–H and O–H groups in total. The first-order valence-electron chi connectivity index (χ1n) is 10.0. The average Bonchev–Trinajstić information content (AvgIpc) is 2.57. The number of hydrogen-bond acceptors (Lipinski definition) is 1. The predicted octanol–water partition coefficient (Wildman–Crippen LogP) is 7.56. The van der Waals surface area contributed by atoms with Gasteiger partial charge in [0.25, 0.3) is 0 Å². The zero-order chi connectivity index (χ0) is 17.3. The fourth-order valence-electron chi connectivity index (χ4n) is 2.90. The van der Waals surface area contributed by atoms with Crippen molar-refractivity contribution in [2.45, 2.75) is 111 Å². The van der Waals surface area contributed by atoms with Crippen molar-refractivity contribution in [3.8, 4) is 0 Å². The molecule has 0 bridgehead atoms. The summed E-state index contributed by atoms with van der Waals surface area (Å²) < 4.78 is 0. The highest BCUT2D eigenvalue weighted by atomic mass is 16.1. The van der Waals surface area contributed by atoms with Crippen molar-refractivity contribution in [2.24, 2.45) is 0 Å². The molecule has 0 aromatic carbocycles. The topological polar surface area (TPSA) is 17.1 Å². The Morgan fingerprint density at radius 2 is 1.22 bits per heavy atom. The maximum atomic E-state index is 11.2. The molecule has 0 fully saturated rings. The number of carbonyl (C=O) groups excluding carboxylic acids is 1. The normalized spacial score (nSPS) is 13.1. The van der Waals surface area contributed by atoms with Crippen LogP contribution in [0, 0.1) is 0 Å². The van der Waals surface area contributed by atoms with Gasteiger partial charge in [-0.15, -0.1) is 0 Å². The molecular formula is C22H40O. The van der Waals surface area contributed by atoms with Crippen LogP contribution >= 0.6 is 0 Å². The molecular weight excluding hydrogens is 280 g/mol. The highest BCUT2D eigenvalue weighted by Crippen LogP contribution is 2.22. The van der Waals surface area contributed by atoms with Crippen LogP contribution in [0.5, 0.6) is 0 Å². The first-order valence-corrected chi connectivity index (χ1v) is 10.0. The minimum atomic E-state index is 0.934. The third-order valence-corrected chi connectivity index (χ3v) is 4.56. The van der Waals surface area contributed by atoms with Crippen LogP contribution < -0.4 is 0 Å². The molecule has 0 aliphatic rings. The smallest absolute Gasteiger partial charge is 0.146 e. The van der Waals surface area contributed by atoms with E-state index < -0.39 is 0 Å². The Labute approximate surface area is 145 Å². The molecule has 0 aromatic rings. The summed E-state index contributed by atoms with van der Waals surface area (Å²) in [6.07, 6.45) is 19.7. The van der Waals surface area contributed by atoms with Gasteiger partial charge >= 0.3 is 0 Å². The van der Waals surface area contributed by atoms with Crippen molar-refractivity contribution >= 4 is 6.29 Å². The first-order chi connectivity index (χ1) is 11.2. The van der Waals surface area contributed by atoms with Crippen LogP contribution in [0.1, 0.15) is 111 Å². The quantitative estimate of drug-likeness (QED) is 0.132. The van der Waals surface area contributed by atoms with E-state index in [1.54, 1.807) is 5.57 Å². The van der Waals surface area contributed by atoms with Crippen LogP contribution in [0.25, 0.3) is 0 Å². The van der Waals surface area contributed by atoms with Gasteiger partial charge in [0, 0.05) is 0 Å². The monoisotopic (exact) mass is 320 g/mol. The zero-order valence-corrected chi connectivity index (χ0v) is 16.3. The minimum absolute atomic E-state index is 0.934. The van der Waals surface area contributed by atoms with Crippen LogP contribution in [0.4, 0.5) is 0 Å². The molecule has 1 heteroatoms. The van der Waals surface area contributed by atoms with E-state index >= 15 is 0 Å². The maximum Gasteiger partial charge on any atom is 0.146 e. The number of unbranched alkanes of at least 4 members (excludes halogenated alkanes) is 7. The molecule has 0 heterocycles. The number of rotatable bonds is 15. The molecule has 0 amide bonds. The Kier molecular flexibility index (Phi) is 15.4. The van der Waals surface area contributed by atoms with Crippen molar-refractivity contribution in [2.75, 3.05) is 0 Å². The Balaban J connectivity index is 4.80. The third-order valence-electron chi connectivity index (χ3n) is 4.56. The second-order valence-electron chi connectivity index (χ2n) is 6.85. The summed E-state index contributed by atoms with van der Waals surface area (Å²) in [4.78, 5) is 11.2. The third kappa shape index (κ3) is 12.3. The lowest BCUT2D eigenvalue weighted by Gasteiger charge is -2.11. The summed E-state index contributed by atoms with van der Waals surface area (Å²) in [5, 5.41) is 0. The van der Waals surface area contributed by atoms with Gasteiger partial charge in [-0.3, -0.25) is 4.79 Å². The first kappa shape index (κ1) is 22.1. The molecule has 0 aliphatic carbocycles. The lowest BCUT2D eigenvalue weighted by atomic mass is 9.95. The second kappa shape index (κ2) is 16.0. The highest BCUT2D eigenvalue weighted by Gasteiger charge is 2.04. The molecule has 0 aliphatic heterocycles. The Hall–Kier alpha value is -0.850. The summed E-state index contributed by atoms with van der Waals surface area (Å²) in [6, 6.07) is 0. The fourth-order valence-corrected chi connectivity index (χ4v) is 2.90. The van der Waals surface area contributed by atoms with E-state index in [1.807, 2.05) is 6.92 Å². The number of carbonyl (C=O) groups is 1. The van der Waals surface area contributed by atoms with Crippen LogP contribution in [-0.2, 0) is 4.79 Å². The van der Waals surface area contributed by atoms with Crippen LogP contribution in [0.15, 0.2) is 22.8 Å². The van der Waals surface area contributed by atoms with Gasteiger partial charge in [0.2, 0.25) is 0 Å². The fraction of sp³-hybridized carbons (Fsp3) is 0.773. The summed E-state index contributed by atoms with van der Waals surface area (Å²) in [7, 11) is 0. The number of allylic oxidation sites excluding steroid dienone is 4. The van der Waals surface area contributed by atoms with Gasteiger partial charge in [0.15, 0.2) is 0 Å². The Bertz CT molecular complexity index is 349. The molecule has 1 nitrogen and oxygen atoms in total. The molecule has 134 valence electrons. The van der Waals surface area contributed by atoms with E-state index in [1.165, 1.54) is 82.6 Å². The highest BCUT2D eigenvalue weighted by molar-refractivity contribution is 5.74. The maximum absolute atomic E-state index is 11.2. The molecule has 0 radical (unpaired) electrons. The van der Waals surface area contributed by atoms with Crippen molar-refractivity contribution < 1.29 is 4.79 Å². The number of hydrogen-bond donors (Lipinski definition) is 0. The zero-order valence-electron chi connectivity index (χ0n) is 16.3. The molecule has 0 rings (SSSR count). The van der Waals surface area contributed by atoms with E-state index in [9.17, 15) is 4.79 Å². The van der Waals surface area contributed by atoms with Gasteiger partial charge in [-0.25, -0.2) is 0 Å². The largest absolute Gasteiger partial charge is 0.298 e. The van der Waals surface area contributed by atoms with Crippen molar-refractivity contribution in [3.05, 3.63) is 22.8 Å². The Morgan fingerprint density at radius 1 is 0.696 bits per heavy atom. The summed E-state index contributed by atoms with van der Waals surface area (Å²) in [5.41, 5.74) is 3.79. The van der Waals surface area contributed by atoms with Gasteiger partial charge in [-0.2, -0.15) is 0 Å². The Morgan fingerprint density at radius 3 is 1.74 bits per heavy atom. The van der Waals surface area contributed by atoms with E-state index in [-0.39, 0.29) is 0 Å². The standard InChI is InChI=1S/C22H40O/c1-5-8-11-13-16-21(15-10-7-3)18-22(20(4)19-23)17-14-12-9-6-2/h18-19H,5-17H2,1-4H3/b21-18+,22-20+. The van der Waals surface area contributed by atoms with Crippen molar-refractivity contribution in [3.63, 3.8) is 0 Å². The molecule has 0 atom stereocenters. The van der Waals surface area contributed by atoms with Gasteiger partial charge in [-0.1, -0.05) is 77.4 Å². The van der Waals surface area contributed by atoms with Gasteiger partial charge in [0.1, 0.15) is 6.29 Å². The van der Waals surface area contributed by atoms with E-state index in [2.05, 4.69) is 26.8 Å². The lowest BCUT2D eigenvalue weighted by Crippen LogP contribution is -1.93. The SMILES string of the molecule is CCCCCC/C(=C/C(CCCCCC)=C(\C)C=O)CCCC. The minimum Gasteiger partial charge on any atom is -0.298 e. The van der Waals surface area contributed by atoms with E-state index in [0.717, 1.165) is 18.3 Å². The van der Waals surface area contributed by atoms with Crippen molar-refractivity contribution in [1.82, 2.24) is 0 Å². The van der Waals surface area contributed by atoms with Crippen LogP contribution in [-0.4, -0.2) is 6.29 Å². The molecule has 0 saturated heterocycles. The molecule has 0 spiro atoms. The molecule has 0 aromatic heterocycles. The van der Waals surface area contributed by atoms with Gasteiger partial charge < -0.3 is 0 Å². The van der Waals surface area contributed by atoms with Crippen LogP contribution in [0.2, 0.25) is 0 Å². The average molecular weight is 321 g/mol. The van der Waals surface area contributed by atoms with Crippen LogP contribution in [0.3, 0.4) is 0 Å². The summed E-state index contributed by atoms with van der Waals surface area (Å²) >= 11 is 0. The molecule has 0 saturated carbocycles. The summed E-state index contributed by atoms with van der Waals surface area (Å²) in [5.74, 6) is 0. The second-order valence-corrected chi connectivity index (χ2v) is 6.85. The van der Waals surface area contributed by atoms with E-state index in [0.29, 0.717) is 0 Å². The lowest BCUT2D eigenvalue weighted by molar-refractivity contribution is -0.104. The molecule has 23 heavy (non-hydrogen) atoms. The predicted molar refractivity (Wildman–Crippen MR) is 104 cm³/mol. The summed E-state index contributed by atoms with van der Waals surface area (Å²) in [6.45, 7) is 8.74.